The predicted octanol–water partition coefficient (Wildman–Crippen LogP) is 5.44. The van der Waals surface area contributed by atoms with E-state index in [2.05, 4.69) is 26.6 Å². The van der Waals surface area contributed by atoms with Gasteiger partial charge in [-0.05, 0) is 76.1 Å². The van der Waals surface area contributed by atoms with Gasteiger partial charge in [-0.15, -0.1) is 0 Å². The number of piperidine rings is 1. The quantitative estimate of drug-likeness (QED) is 0.354. The van der Waals surface area contributed by atoms with Crippen molar-refractivity contribution in [3.05, 3.63) is 93.5 Å². The standard InChI is InChI=1S/C30H30BrF2N3O4/c1-18(37)34-27(15-19-4-3-5-22(32)14-19)29(38)35-23-8-6-20(7-9-23)21-10-12-36(13-11-21)30(39)24-16-25(31)26(33)17-28(24)40-2/h3-9,14,16-17,21,27H,10-13,15H2,1-2H3,(H,34,37)(H,35,38). The summed E-state index contributed by atoms with van der Waals surface area (Å²) in [6.07, 6.45) is 1.65. The number of methoxy groups -OCH3 is 1. The zero-order valence-electron chi connectivity index (χ0n) is 22.2. The van der Waals surface area contributed by atoms with Gasteiger partial charge in [-0.2, -0.15) is 0 Å². The first-order valence-electron chi connectivity index (χ1n) is 12.9. The van der Waals surface area contributed by atoms with Crippen LogP contribution in [0.25, 0.3) is 0 Å². The predicted molar refractivity (Wildman–Crippen MR) is 151 cm³/mol. The Labute approximate surface area is 240 Å². The van der Waals surface area contributed by atoms with E-state index in [4.69, 9.17) is 4.74 Å². The molecule has 7 nitrogen and oxygen atoms in total. The molecule has 210 valence electrons. The minimum atomic E-state index is -0.860. The van der Waals surface area contributed by atoms with Crippen LogP contribution in [0, 0.1) is 11.6 Å². The molecule has 1 saturated heterocycles. The van der Waals surface area contributed by atoms with Crippen molar-refractivity contribution in [1.82, 2.24) is 10.2 Å². The third kappa shape index (κ3) is 7.24. The summed E-state index contributed by atoms with van der Waals surface area (Å²) in [6, 6.07) is 15.2. The molecule has 0 aliphatic carbocycles. The fourth-order valence-corrected chi connectivity index (χ4v) is 5.22. The first kappa shape index (κ1) is 29.2. The monoisotopic (exact) mass is 613 g/mol. The van der Waals surface area contributed by atoms with Crippen molar-refractivity contribution in [3.63, 3.8) is 0 Å². The largest absolute Gasteiger partial charge is 0.496 e. The van der Waals surface area contributed by atoms with Crippen molar-refractivity contribution in [1.29, 1.82) is 0 Å². The van der Waals surface area contributed by atoms with Crippen molar-refractivity contribution in [3.8, 4) is 5.75 Å². The third-order valence-corrected chi connectivity index (χ3v) is 7.54. The van der Waals surface area contributed by atoms with Crippen LogP contribution in [0.15, 0.2) is 65.1 Å². The van der Waals surface area contributed by atoms with Crippen molar-refractivity contribution in [2.45, 2.75) is 38.1 Å². The first-order valence-corrected chi connectivity index (χ1v) is 13.7. The van der Waals surface area contributed by atoms with E-state index < -0.39 is 23.6 Å². The van der Waals surface area contributed by atoms with Crippen LogP contribution in [-0.2, 0) is 16.0 Å². The van der Waals surface area contributed by atoms with Crippen LogP contribution in [-0.4, -0.2) is 48.9 Å². The van der Waals surface area contributed by atoms with Crippen LogP contribution in [0.4, 0.5) is 14.5 Å². The average molecular weight is 614 g/mol. The molecule has 4 rings (SSSR count). The maximum absolute atomic E-state index is 13.9. The van der Waals surface area contributed by atoms with Gasteiger partial charge in [-0.3, -0.25) is 14.4 Å². The van der Waals surface area contributed by atoms with Gasteiger partial charge >= 0.3 is 0 Å². The number of carbonyl (C=O) groups excluding carboxylic acids is 3. The number of carbonyl (C=O) groups is 3. The number of amides is 3. The fourth-order valence-electron chi connectivity index (χ4n) is 4.87. The molecule has 3 aromatic carbocycles. The number of anilines is 1. The highest BCUT2D eigenvalue weighted by Crippen LogP contribution is 2.32. The molecular formula is C30H30BrF2N3O4. The number of nitrogens with one attached hydrogen (secondary N) is 2. The molecule has 0 saturated carbocycles. The van der Waals surface area contributed by atoms with E-state index in [1.165, 1.54) is 38.3 Å². The summed E-state index contributed by atoms with van der Waals surface area (Å²) in [7, 11) is 1.40. The Kier molecular flexibility index (Phi) is 9.52. The second-order valence-electron chi connectivity index (χ2n) is 9.73. The minimum absolute atomic E-state index is 0.152. The van der Waals surface area contributed by atoms with E-state index in [0.29, 0.717) is 29.9 Å². The molecule has 1 aliphatic rings. The maximum atomic E-state index is 13.9. The van der Waals surface area contributed by atoms with E-state index in [1.807, 2.05) is 12.1 Å². The molecule has 40 heavy (non-hydrogen) atoms. The summed E-state index contributed by atoms with van der Waals surface area (Å²) in [5, 5.41) is 5.46. The Balaban J connectivity index is 1.36. The molecule has 1 atom stereocenters. The maximum Gasteiger partial charge on any atom is 0.257 e. The van der Waals surface area contributed by atoms with E-state index in [-0.39, 0.29) is 34.4 Å². The van der Waals surface area contributed by atoms with Crippen molar-refractivity contribution in [2.24, 2.45) is 0 Å². The van der Waals surface area contributed by atoms with Gasteiger partial charge in [0.15, 0.2) is 0 Å². The first-order chi connectivity index (χ1) is 19.1. The zero-order chi connectivity index (χ0) is 28.8. The van der Waals surface area contributed by atoms with Crippen LogP contribution < -0.4 is 15.4 Å². The number of ether oxygens (including phenoxy) is 1. The molecule has 10 heteroatoms. The summed E-state index contributed by atoms with van der Waals surface area (Å²) in [5.41, 5.74) is 2.57. The molecule has 1 heterocycles. The summed E-state index contributed by atoms with van der Waals surface area (Å²) < 4.78 is 32.9. The van der Waals surface area contributed by atoms with Gasteiger partial charge in [0.1, 0.15) is 23.4 Å². The Morgan fingerprint density at radius 2 is 1.75 bits per heavy atom. The summed E-state index contributed by atoms with van der Waals surface area (Å²) in [4.78, 5) is 39.5. The number of nitrogens with zero attached hydrogens (tertiary/aromatic N) is 1. The van der Waals surface area contributed by atoms with Gasteiger partial charge in [-0.25, -0.2) is 8.78 Å². The zero-order valence-corrected chi connectivity index (χ0v) is 23.8. The van der Waals surface area contributed by atoms with Gasteiger partial charge < -0.3 is 20.3 Å². The molecule has 1 fully saturated rings. The lowest BCUT2D eigenvalue weighted by molar-refractivity contribution is -0.125. The molecule has 2 N–H and O–H groups in total. The number of halogens is 3. The highest BCUT2D eigenvalue weighted by Gasteiger charge is 2.27. The van der Waals surface area contributed by atoms with E-state index in [0.717, 1.165) is 18.4 Å². The van der Waals surface area contributed by atoms with Gasteiger partial charge in [0, 0.05) is 38.2 Å². The highest BCUT2D eigenvalue weighted by atomic mass is 79.9. The molecule has 0 spiro atoms. The van der Waals surface area contributed by atoms with Crippen molar-refractivity contribution in [2.75, 3.05) is 25.5 Å². The fraction of sp³-hybridized carbons (Fsp3) is 0.300. The molecule has 1 aliphatic heterocycles. The van der Waals surface area contributed by atoms with Crippen molar-refractivity contribution >= 4 is 39.3 Å². The average Bonchev–Trinajstić information content (AvgIpc) is 2.94. The number of hydrogen-bond acceptors (Lipinski definition) is 4. The molecule has 1 unspecified atom stereocenters. The Hall–Kier alpha value is -3.79. The second kappa shape index (κ2) is 13.0. The number of benzene rings is 3. The number of hydrogen-bond donors (Lipinski definition) is 2. The number of rotatable bonds is 8. The second-order valence-corrected chi connectivity index (χ2v) is 10.6. The minimum Gasteiger partial charge on any atom is -0.496 e. The lowest BCUT2D eigenvalue weighted by atomic mass is 9.89. The normalized spacial score (nSPS) is 14.4. The third-order valence-electron chi connectivity index (χ3n) is 6.93. The topological polar surface area (TPSA) is 87.7 Å². The molecule has 0 bridgehead atoms. The van der Waals surface area contributed by atoms with Crippen LogP contribution >= 0.6 is 15.9 Å². The smallest absolute Gasteiger partial charge is 0.257 e. The molecule has 3 aromatic rings. The molecule has 0 radical (unpaired) electrons. The van der Waals surface area contributed by atoms with Crippen LogP contribution in [0.3, 0.4) is 0 Å². The van der Waals surface area contributed by atoms with Gasteiger partial charge in [0.25, 0.3) is 5.91 Å². The summed E-state index contributed by atoms with van der Waals surface area (Å²) >= 11 is 3.14. The Morgan fingerprint density at radius 3 is 2.38 bits per heavy atom. The van der Waals surface area contributed by atoms with Gasteiger partial charge in [-0.1, -0.05) is 24.3 Å². The Bertz CT molecular complexity index is 1390. The SMILES string of the molecule is COc1cc(F)c(Br)cc1C(=O)N1CCC(c2ccc(NC(=O)C(Cc3cccc(F)c3)NC(C)=O)cc2)CC1. The van der Waals surface area contributed by atoms with Crippen LogP contribution in [0.5, 0.6) is 5.75 Å². The van der Waals surface area contributed by atoms with E-state index in [1.54, 1.807) is 29.2 Å². The molecule has 3 amide bonds. The summed E-state index contributed by atoms with van der Waals surface area (Å²) in [5.74, 6) is -1.44. The van der Waals surface area contributed by atoms with E-state index >= 15 is 0 Å². The number of likely N-dealkylation sites (tertiary alicyclic amines) is 1. The lowest BCUT2D eigenvalue weighted by Crippen LogP contribution is -2.44. The lowest BCUT2D eigenvalue weighted by Gasteiger charge is -2.32. The van der Waals surface area contributed by atoms with Crippen LogP contribution in [0.2, 0.25) is 0 Å². The van der Waals surface area contributed by atoms with E-state index in [9.17, 15) is 23.2 Å². The molecule has 0 aromatic heterocycles. The van der Waals surface area contributed by atoms with Crippen LogP contribution in [0.1, 0.15) is 47.2 Å². The highest BCUT2D eigenvalue weighted by molar-refractivity contribution is 9.10. The van der Waals surface area contributed by atoms with Gasteiger partial charge in [0.2, 0.25) is 11.8 Å². The summed E-state index contributed by atoms with van der Waals surface area (Å²) in [6.45, 7) is 2.41. The molecular weight excluding hydrogens is 584 g/mol. The van der Waals surface area contributed by atoms with Crippen molar-refractivity contribution < 1.29 is 27.9 Å². The Morgan fingerprint density at radius 1 is 1.05 bits per heavy atom. The van der Waals surface area contributed by atoms with Gasteiger partial charge in [0.05, 0.1) is 17.1 Å².